The monoisotopic (exact) mass is 463 g/mol. The third-order valence-corrected chi connectivity index (χ3v) is 5.87. The molecule has 0 saturated heterocycles. The van der Waals surface area contributed by atoms with E-state index in [4.69, 9.17) is 4.74 Å². The van der Waals surface area contributed by atoms with Gasteiger partial charge in [0, 0.05) is 18.2 Å². The van der Waals surface area contributed by atoms with Crippen molar-refractivity contribution in [3.8, 4) is 0 Å². The zero-order valence-electron chi connectivity index (χ0n) is 17.9. The first-order valence-electron chi connectivity index (χ1n) is 9.88. The average molecular weight is 464 g/mol. The van der Waals surface area contributed by atoms with E-state index in [9.17, 15) is 28.1 Å². The van der Waals surface area contributed by atoms with Crippen LogP contribution in [0.15, 0.2) is 53.4 Å². The summed E-state index contributed by atoms with van der Waals surface area (Å²) in [4.78, 5) is 35.9. The van der Waals surface area contributed by atoms with Gasteiger partial charge in [0.25, 0.3) is 11.6 Å². The Morgan fingerprint density at radius 3 is 2.28 bits per heavy atom. The Bertz CT molecular complexity index is 1080. The van der Waals surface area contributed by atoms with Crippen LogP contribution in [0, 0.1) is 10.1 Å². The number of carbonyl (C=O) groups excluding carboxylic acids is 2. The Labute approximate surface area is 186 Å². The van der Waals surface area contributed by atoms with Crippen molar-refractivity contribution >= 4 is 27.6 Å². The number of carbonyl (C=O) groups is 2. The van der Waals surface area contributed by atoms with Crippen molar-refractivity contribution in [1.29, 1.82) is 0 Å². The standard InChI is InChI=1S/C21H25N3O7S/c1-4-22-32(29,30)16-11-9-15(10-12-16)21(26)23-18(13-20(25)31-14(2)3)17-7-5-6-8-19(17)24(27)28/h5-12,14,18,22H,4,13H2,1-3H3,(H,23,26). The summed E-state index contributed by atoms with van der Waals surface area (Å²) in [6, 6.07) is 9.96. The summed E-state index contributed by atoms with van der Waals surface area (Å²) in [5.74, 6) is -1.26. The first kappa shape index (κ1) is 25.0. The molecule has 2 rings (SSSR count). The highest BCUT2D eigenvalue weighted by molar-refractivity contribution is 7.89. The number of para-hydroxylation sites is 1. The summed E-state index contributed by atoms with van der Waals surface area (Å²) in [6.45, 7) is 5.19. The van der Waals surface area contributed by atoms with Crippen LogP contribution < -0.4 is 10.0 Å². The van der Waals surface area contributed by atoms with Gasteiger partial charge in [-0.2, -0.15) is 0 Å². The molecule has 32 heavy (non-hydrogen) atoms. The van der Waals surface area contributed by atoms with Gasteiger partial charge in [-0.05, 0) is 38.1 Å². The molecule has 10 nitrogen and oxygen atoms in total. The molecule has 0 aromatic heterocycles. The van der Waals surface area contributed by atoms with Crippen LogP contribution in [0.4, 0.5) is 5.69 Å². The van der Waals surface area contributed by atoms with Crippen molar-refractivity contribution in [2.75, 3.05) is 6.54 Å². The number of nitrogens with one attached hydrogen (secondary N) is 2. The molecule has 11 heteroatoms. The first-order valence-corrected chi connectivity index (χ1v) is 11.4. The van der Waals surface area contributed by atoms with Crippen molar-refractivity contribution in [2.45, 2.75) is 44.2 Å². The lowest BCUT2D eigenvalue weighted by molar-refractivity contribution is -0.385. The Morgan fingerprint density at radius 1 is 1.09 bits per heavy atom. The van der Waals surface area contributed by atoms with Gasteiger partial charge in [0.15, 0.2) is 0 Å². The maximum atomic E-state index is 12.8. The van der Waals surface area contributed by atoms with Gasteiger partial charge >= 0.3 is 5.97 Å². The number of nitrogens with zero attached hydrogens (tertiary/aromatic N) is 1. The quantitative estimate of drug-likeness (QED) is 0.313. The number of esters is 1. The average Bonchev–Trinajstić information content (AvgIpc) is 2.72. The van der Waals surface area contributed by atoms with E-state index in [0.29, 0.717) is 0 Å². The highest BCUT2D eigenvalue weighted by atomic mass is 32.2. The van der Waals surface area contributed by atoms with Gasteiger partial charge in [-0.25, -0.2) is 13.1 Å². The predicted molar refractivity (Wildman–Crippen MR) is 116 cm³/mol. The van der Waals surface area contributed by atoms with E-state index in [1.54, 1.807) is 26.8 Å². The van der Waals surface area contributed by atoms with Crippen molar-refractivity contribution in [3.05, 3.63) is 69.8 Å². The Morgan fingerprint density at radius 2 is 1.72 bits per heavy atom. The second-order valence-electron chi connectivity index (χ2n) is 7.11. The van der Waals surface area contributed by atoms with Crippen molar-refractivity contribution in [1.82, 2.24) is 10.0 Å². The minimum absolute atomic E-state index is 0.00772. The molecule has 0 aliphatic carbocycles. The summed E-state index contributed by atoms with van der Waals surface area (Å²) in [5, 5.41) is 14.1. The number of sulfonamides is 1. The van der Waals surface area contributed by atoms with Crippen molar-refractivity contribution in [2.24, 2.45) is 0 Å². The predicted octanol–water partition coefficient (Wildman–Crippen LogP) is 2.71. The van der Waals surface area contributed by atoms with Gasteiger partial charge in [-0.3, -0.25) is 19.7 Å². The van der Waals surface area contributed by atoms with Crippen LogP contribution >= 0.6 is 0 Å². The van der Waals surface area contributed by atoms with Gasteiger partial charge in [-0.15, -0.1) is 0 Å². The van der Waals surface area contributed by atoms with Gasteiger partial charge in [0.1, 0.15) is 0 Å². The Kier molecular flexibility index (Phi) is 8.44. The van der Waals surface area contributed by atoms with Crippen LogP contribution in [0.2, 0.25) is 0 Å². The van der Waals surface area contributed by atoms with E-state index in [-0.39, 0.29) is 34.7 Å². The van der Waals surface area contributed by atoms with Crippen molar-refractivity contribution in [3.63, 3.8) is 0 Å². The van der Waals surface area contributed by atoms with Gasteiger partial charge < -0.3 is 10.1 Å². The maximum absolute atomic E-state index is 12.8. The van der Waals surface area contributed by atoms with E-state index in [2.05, 4.69) is 10.0 Å². The number of benzene rings is 2. The Balaban J connectivity index is 2.32. The van der Waals surface area contributed by atoms with Crippen LogP contribution in [0.1, 0.15) is 49.2 Å². The molecule has 1 atom stereocenters. The van der Waals surface area contributed by atoms with Crippen LogP contribution in [0.5, 0.6) is 0 Å². The number of nitro benzene ring substituents is 1. The van der Waals surface area contributed by atoms with Gasteiger partial charge in [0.05, 0.1) is 33.9 Å². The summed E-state index contributed by atoms with van der Waals surface area (Å²) < 4.78 is 31.6. The SMILES string of the molecule is CCNS(=O)(=O)c1ccc(C(=O)NC(CC(=O)OC(C)C)c2ccccc2[N+](=O)[O-])cc1. The van der Waals surface area contributed by atoms with Crippen LogP contribution in [-0.4, -0.2) is 37.9 Å². The highest BCUT2D eigenvalue weighted by Gasteiger charge is 2.27. The molecule has 1 amide bonds. The summed E-state index contributed by atoms with van der Waals surface area (Å²) in [6.07, 6.45) is -0.711. The minimum Gasteiger partial charge on any atom is -0.463 e. The molecular formula is C21H25N3O7S. The fourth-order valence-corrected chi connectivity index (χ4v) is 4.01. The zero-order valence-corrected chi connectivity index (χ0v) is 18.7. The second kappa shape index (κ2) is 10.8. The zero-order chi connectivity index (χ0) is 23.9. The molecule has 1 unspecified atom stereocenters. The first-order chi connectivity index (χ1) is 15.0. The molecule has 0 aliphatic rings. The van der Waals surface area contributed by atoms with Gasteiger partial charge in [-0.1, -0.05) is 25.1 Å². The molecule has 172 valence electrons. The van der Waals surface area contributed by atoms with Crippen LogP contribution in [0.3, 0.4) is 0 Å². The number of ether oxygens (including phenoxy) is 1. The molecule has 2 aromatic carbocycles. The fraction of sp³-hybridized carbons (Fsp3) is 0.333. The molecule has 0 heterocycles. The third-order valence-electron chi connectivity index (χ3n) is 4.31. The smallest absolute Gasteiger partial charge is 0.308 e. The largest absolute Gasteiger partial charge is 0.463 e. The lowest BCUT2D eigenvalue weighted by Crippen LogP contribution is -2.31. The maximum Gasteiger partial charge on any atom is 0.308 e. The topological polar surface area (TPSA) is 145 Å². The number of nitro groups is 1. The third kappa shape index (κ3) is 6.59. The molecule has 0 fully saturated rings. The summed E-state index contributed by atoms with van der Waals surface area (Å²) in [7, 11) is -3.68. The lowest BCUT2D eigenvalue weighted by Gasteiger charge is -2.19. The van der Waals surface area contributed by atoms with E-state index < -0.39 is 39.0 Å². The van der Waals surface area contributed by atoms with E-state index in [0.717, 1.165) is 0 Å². The number of hydrogen-bond acceptors (Lipinski definition) is 7. The minimum atomic E-state index is -3.68. The molecule has 2 aromatic rings. The molecule has 2 N–H and O–H groups in total. The molecule has 0 bridgehead atoms. The summed E-state index contributed by atoms with van der Waals surface area (Å²) >= 11 is 0. The highest BCUT2D eigenvalue weighted by Crippen LogP contribution is 2.28. The molecule has 0 radical (unpaired) electrons. The number of amides is 1. The summed E-state index contributed by atoms with van der Waals surface area (Å²) in [5.41, 5.74) is 0.0291. The van der Waals surface area contributed by atoms with Crippen molar-refractivity contribution < 1.29 is 27.7 Å². The van der Waals surface area contributed by atoms with Crippen LogP contribution in [-0.2, 0) is 19.6 Å². The van der Waals surface area contributed by atoms with Gasteiger partial charge in [0.2, 0.25) is 10.0 Å². The van der Waals surface area contributed by atoms with E-state index >= 15 is 0 Å². The molecule has 0 aliphatic heterocycles. The number of rotatable bonds is 10. The second-order valence-corrected chi connectivity index (χ2v) is 8.88. The Hall–Kier alpha value is -3.31. The van der Waals surface area contributed by atoms with Crippen LogP contribution in [0.25, 0.3) is 0 Å². The molecular weight excluding hydrogens is 438 g/mol. The molecule has 0 spiro atoms. The van der Waals surface area contributed by atoms with E-state index in [1.807, 2.05) is 0 Å². The van der Waals surface area contributed by atoms with E-state index in [1.165, 1.54) is 42.5 Å². The molecule has 0 saturated carbocycles. The fourth-order valence-electron chi connectivity index (χ4n) is 2.97. The number of hydrogen-bond donors (Lipinski definition) is 2. The normalized spacial score (nSPS) is 12.2. The lowest BCUT2D eigenvalue weighted by atomic mass is 10.0.